The van der Waals surface area contributed by atoms with Gasteiger partial charge in [0, 0.05) is 32.9 Å². The molecule has 2 rings (SSSR count). The first-order chi connectivity index (χ1) is 16.3. The van der Waals surface area contributed by atoms with Crippen LogP contribution >= 0.6 is 11.8 Å². The van der Waals surface area contributed by atoms with E-state index in [1.165, 1.54) is 68.7 Å². The molecule has 0 saturated carbocycles. The number of nitrogens with zero attached hydrogens (tertiary/aromatic N) is 2. The number of unbranched alkanes of at least 4 members (excludes halogenated alkanes) is 7. The van der Waals surface area contributed by atoms with Crippen molar-refractivity contribution in [2.24, 2.45) is 0 Å². The molecule has 1 fully saturated rings. The molecular weight excluding hydrogens is 456 g/mol. The monoisotopic (exact) mass is 492 g/mol. The van der Waals surface area contributed by atoms with E-state index in [4.69, 9.17) is 14.2 Å². The predicted octanol–water partition coefficient (Wildman–Crippen LogP) is 4.24. The fourth-order valence-corrected chi connectivity index (χ4v) is 4.28. The molecule has 3 atom stereocenters. The molecular formula is C25H36N2O6S. The second kappa shape index (κ2) is 14.8. The van der Waals surface area contributed by atoms with Gasteiger partial charge in [0.1, 0.15) is 30.1 Å². The minimum absolute atomic E-state index is 0.0695. The van der Waals surface area contributed by atoms with Crippen molar-refractivity contribution >= 4 is 23.7 Å². The van der Waals surface area contributed by atoms with Crippen LogP contribution in [0.3, 0.4) is 0 Å². The van der Waals surface area contributed by atoms with Crippen LogP contribution in [-0.2, 0) is 23.8 Å². The summed E-state index contributed by atoms with van der Waals surface area (Å²) < 4.78 is 17.7. The Morgan fingerprint density at radius 2 is 1.88 bits per heavy atom. The van der Waals surface area contributed by atoms with Crippen molar-refractivity contribution in [3.8, 4) is 11.8 Å². The van der Waals surface area contributed by atoms with Crippen LogP contribution in [0.5, 0.6) is 0 Å². The van der Waals surface area contributed by atoms with Crippen molar-refractivity contribution in [1.82, 2.24) is 9.55 Å². The maximum atomic E-state index is 12.7. The molecule has 188 valence electrons. The first-order valence-corrected chi connectivity index (χ1v) is 13.2. The van der Waals surface area contributed by atoms with Crippen molar-refractivity contribution in [3.05, 3.63) is 22.2 Å². The first-order valence-electron chi connectivity index (χ1n) is 12.0. The Hall–Kier alpha value is -2.31. The minimum Gasteiger partial charge on any atom is -0.463 e. The normalized spacial score (nSPS) is 19.4. The second-order valence-electron chi connectivity index (χ2n) is 8.34. The highest BCUT2D eigenvalue weighted by Gasteiger charge is 2.39. The molecule has 0 radical (unpaired) electrons. The van der Waals surface area contributed by atoms with Gasteiger partial charge in [-0.05, 0) is 12.7 Å². The lowest BCUT2D eigenvalue weighted by Crippen LogP contribution is -2.31. The molecule has 1 aliphatic rings. The summed E-state index contributed by atoms with van der Waals surface area (Å²) in [5.41, 5.74) is 0.188. The van der Waals surface area contributed by atoms with Crippen LogP contribution in [0.2, 0.25) is 0 Å². The first kappa shape index (κ1) is 27.9. The number of rotatable bonds is 12. The SMILES string of the molecule is CCCCCCCCCC#Cc1cn([C@H]2C[C@H](OC(C)=O)[C@@H](COC(C)=O)O2)c(=O)nc1SC. The van der Waals surface area contributed by atoms with Gasteiger partial charge in [-0.25, -0.2) is 4.79 Å². The van der Waals surface area contributed by atoms with E-state index >= 15 is 0 Å². The minimum atomic E-state index is -0.704. The third kappa shape index (κ3) is 9.15. The number of thioether (sulfide) groups is 1. The molecule has 0 aromatic carbocycles. The molecule has 8 nitrogen and oxygen atoms in total. The third-order valence-corrected chi connectivity index (χ3v) is 6.20. The zero-order chi connectivity index (χ0) is 24.9. The standard InChI is InChI=1S/C25H36N2O6S/c1-5-6-7-8-9-10-11-12-13-14-20-16-27(25(30)26-24(20)34-4)23-15-21(32-19(3)29)22(33-23)17-31-18(2)28/h16,21-23H,5-12,15,17H2,1-4H3/t21-,22+,23+/m0/s1. The van der Waals surface area contributed by atoms with Gasteiger partial charge in [-0.2, -0.15) is 4.98 Å². The molecule has 2 heterocycles. The molecule has 0 aliphatic carbocycles. The Bertz CT molecular complexity index is 936. The molecule has 34 heavy (non-hydrogen) atoms. The van der Waals surface area contributed by atoms with Gasteiger partial charge in [0.05, 0.1) is 5.56 Å². The maximum absolute atomic E-state index is 12.7. The highest BCUT2D eigenvalue weighted by atomic mass is 32.2. The summed E-state index contributed by atoms with van der Waals surface area (Å²) >= 11 is 1.37. The fourth-order valence-electron chi connectivity index (χ4n) is 3.79. The molecule has 0 unspecified atom stereocenters. The van der Waals surface area contributed by atoms with Gasteiger partial charge in [0.2, 0.25) is 0 Å². The van der Waals surface area contributed by atoms with E-state index in [1.807, 2.05) is 6.26 Å². The lowest BCUT2D eigenvalue weighted by Gasteiger charge is -2.17. The number of aromatic nitrogens is 2. The Balaban J connectivity index is 2.08. The van der Waals surface area contributed by atoms with Crippen LogP contribution in [0.4, 0.5) is 0 Å². The largest absolute Gasteiger partial charge is 0.463 e. The number of ether oxygens (including phenoxy) is 3. The summed E-state index contributed by atoms with van der Waals surface area (Å²) in [6.07, 6.45) is 11.1. The Morgan fingerprint density at radius 3 is 2.53 bits per heavy atom. The highest BCUT2D eigenvalue weighted by molar-refractivity contribution is 7.98. The van der Waals surface area contributed by atoms with Crippen LogP contribution < -0.4 is 5.69 Å². The number of carbonyl (C=O) groups excluding carboxylic acids is 2. The summed E-state index contributed by atoms with van der Waals surface area (Å²) in [7, 11) is 0. The summed E-state index contributed by atoms with van der Waals surface area (Å²) in [6, 6.07) is 0. The van der Waals surface area contributed by atoms with Gasteiger partial charge in [-0.15, -0.1) is 11.8 Å². The van der Waals surface area contributed by atoms with Gasteiger partial charge >= 0.3 is 17.6 Å². The van der Waals surface area contributed by atoms with E-state index < -0.39 is 36.1 Å². The van der Waals surface area contributed by atoms with Gasteiger partial charge < -0.3 is 14.2 Å². The highest BCUT2D eigenvalue weighted by Crippen LogP contribution is 2.31. The number of esters is 2. The van der Waals surface area contributed by atoms with Crippen LogP contribution in [0, 0.1) is 11.8 Å². The van der Waals surface area contributed by atoms with Crippen molar-refractivity contribution in [2.45, 2.75) is 102 Å². The second-order valence-corrected chi connectivity index (χ2v) is 9.14. The van der Waals surface area contributed by atoms with E-state index in [-0.39, 0.29) is 13.0 Å². The Morgan fingerprint density at radius 1 is 1.18 bits per heavy atom. The summed E-state index contributed by atoms with van der Waals surface area (Å²) in [5, 5.41) is 0.569. The van der Waals surface area contributed by atoms with Gasteiger partial charge in [0.15, 0.2) is 0 Å². The number of carbonyl (C=O) groups is 2. The average molecular weight is 493 g/mol. The summed E-state index contributed by atoms with van der Waals surface area (Å²) in [5.74, 6) is 5.43. The molecule has 1 saturated heterocycles. The van der Waals surface area contributed by atoms with Crippen LogP contribution in [0.25, 0.3) is 0 Å². The van der Waals surface area contributed by atoms with Crippen molar-refractivity contribution in [3.63, 3.8) is 0 Å². The molecule has 1 aliphatic heterocycles. The van der Waals surface area contributed by atoms with E-state index in [2.05, 4.69) is 23.7 Å². The van der Waals surface area contributed by atoms with Gasteiger partial charge in [-0.3, -0.25) is 14.2 Å². The zero-order valence-corrected chi connectivity index (χ0v) is 21.4. The Labute approximate surface area is 206 Å². The predicted molar refractivity (Wildman–Crippen MR) is 130 cm³/mol. The fraction of sp³-hybridized carbons (Fsp3) is 0.680. The summed E-state index contributed by atoms with van der Waals surface area (Å²) in [6.45, 7) is 4.74. The lowest BCUT2D eigenvalue weighted by molar-refractivity contribution is -0.155. The average Bonchev–Trinajstić information content (AvgIpc) is 3.18. The summed E-state index contributed by atoms with van der Waals surface area (Å²) in [4.78, 5) is 39.6. The van der Waals surface area contributed by atoms with E-state index in [1.54, 1.807) is 6.20 Å². The smallest absolute Gasteiger partial charge is 0.350 e. The van der Waals surface area contributed by atoms with Crippen LogP contribution in [-0.4, -0.2) is 46.6 Å². The topological polar surface area (TPSA) is 96.7 Å². The number of hydrogen-bond acceptors (Lipinski definition) is 8. The molecule has 9 heteroatoms. The van der Waals surface area contributed by atoms with Crippen LogP contribution in [0.1, 0.15) is 90.3 Å². The van der Waals surface area contributed by atoms with Gasteiger partial charge in [-0.1, -0.05) is 57.3 Å². The van der Waals surface area contributed by atoms with Crippen molar-refractivity contribution < 1.29 is 23.8 Å². The molecule has 0 bridgehead atoms. The maximum Gasteiger partial charge on any atom is 0.350 e. The van der Waals surface area contributed by atoms with Crippen molar-refractivity contribution in [1.29, 1.82) is 0 Å². The molecule has 0 N–H and O–H groups in total. The quantitative estimate of drug-likeness (QED) is 0.141. The van der Waals surface area contributed by atoms with E-state index in [0.717, 1.165) is 12.8 Å². The molecule has 1 aromatic heterocycles. The molecule has 0 amide bonds. The third-order valence-electron chi connectivity index (χ3n) is 5.50. The zero-order valence-electron chi connectivity index (χ0n) is 20.6. The van der Waals surface area contributed by atoms with E-state index in [0.29, 0.717) is 10.6 Å². The molecule has 1 aromatic rings. The van der Waals surface area contributed by atoms with Crippen LogP contribution in [0.15, 0.2) is 16.0 Å². The number of hydrogen-bond donors (Lipinski definition) is 0. The lowest BCUT2D eigenvalue weighted by atomic mass is 10.1. The Kier molecular flexibility index (Phi) is 12.2. The molecule has 0 spiro atoms. The van der Waals surface area contributed by atoms with Gasteiger partial charge in [0.25, 0.3) is 0 Å². The van der Waals surface area contributed by atoms with E-state index in [9.17, 15) is 14.4 Å². The van der Waals surface area contributed by atoms with Crippen molar-refractivity contribution in [2.75, 3.05) is 12.9 Å².